The molecule has 1 unspecified atom stereocenters. The second-order valence-electron chi connectivity index (χ2n) is 6.52. The van der Waals surface area contributed by atoms with Crippen molar-refractivity contribution in [1.29, 1.82) is 0 Å². The van der Waals surface area contributed by atoms with E-state index in [2.05, 4.69) is 19.2 Å². The summed E-state index contributed by atoms with van der Waals surface area (Å²) in [5.74, 6) is 0.972. The van der Waals surface area contributed by atoms with E-state index < -0.39 is 0 Å². The molecule has 1 aliphatic rings. The maximum Gasteiger partial charge on any atom is 0.00953 e. The lowest BCUT2D eigenvalue weighted by Gasteiger charge is -2.27. The molecule has 114 valence electrons. The Kier molecular flexibility index (Phi) is 10.5. The average Bonchev–Trinajstić information content (AvgIpc) is 2.71. The molecule has 1 atom stereocenters. The van der Waals surface area contributed by atoms with E-state index in [1.165, 1.54) is 90.0 Å². The minimum Gasteiger partial charge on any atom is -0.314 e. The van der Waals surface area contributed by atoms with Crippen LogP contribution in [0.5, 0.6) is 0 Å². The number of rotatable bonds is 10. The third-order valence-corrected chi connectivity index (χ3v) is 4.74. The van der Waals surface area contributed by atoms with Gasteiger partial charge in [0.05, 0.1) is 0 Å². The quantitative estimate of drug-likeness (QED) is 0.396. The van der Waals surface area contributed by atoms with Crippen LogP contribution in [0.15, 0.2) is 0 Å². The second kappa shape index (κ2) is 11.8. The van der Waals surface area contributed by atoms with Crippen molar-refractivity contribution in [1.82, 2.24) is 5.32 Å². The number of unbranched alkanes of at least 4 members (excludes halogenated alkanes) is 4. The molecule has 0 aromatic carbocycles. The lowest BCUT2D eigenvalue weighted by molar-refractivity contribution is 0.297. The van der Waals surface area contributed by atoms with Crippen LogP contribution in [-0.4, -0.2) is 12.6 Å². The summed E-state index contributed by atoms with van der Waals surface area (Å²) in [4.78, 5) is 0. The largest absolute Gasteiger partial charge is 0.314 e. The third kappa shape index (κ3) is 7.97. The van der Waals surface area contributed by atoms with E-state index in [4.69, 9.17) is 0 Å². The zero-order chi connectivity index (χ0) is 13.8. The molecule has 1 nitrogen and oxygen atoms in total. The molecule has 0 saturated heterocycles. The smallest absolute Gasteiger partial charge is 0.00953 e. The van der Waals surface area contributed by atoms with Crippen molar-refractivity contribution in [3.8, 4) is 0 Å². The van der Waals surface area contributed by atoms with Crippen molar-refractivity contribution in [2.45, 2.75) is 103 Å². The Morgan fingerprint density at radius 1 is 0.842 bits per heavy atom. The van der Waals surface area contributed by atoms with Gasteiger partial charge < -0.3 is 5.32 Å². The maximum atomic E-state index is 3.86. The van der Waals surface area contributed by atoms with Crippen molar-refractivity contribution in [3.63, 3.8) is 0 Å². The normalized spacial score (nSPS) is 19.3. The van der Waals surface area contributed by atoms with Crippen molar-refractivity contribution < 1.29 is 0 Å². The Labute approximate surface area is 121 Å². The molecular formula is C18H37N. The Morgan fingerprint density at radius 2 is 1.53 bits per heavy atom. The van der Waals surface area contributed by atoms with Gasteiger partial charge >= 0.3 is 0 Å². The first-order valence-corrected chi connectivity index (χ1v) is 9.11. The van der Waals surface area contributed by atoms with Crippen LogP contribution in [0.3, 0.4) is 0 Å². The first-order chi connectivity index (χ1) is 9.38. The van der Waals surface area contributed by atoms with Crippen LogP contribution in [0, 0.1) is 5.92 Å². The van der Waals surface area contributed by atoms with Crippen molar-refractivity contribution in [2.24, 2.45) is 5.92 Å². The molecule has 0 bridgehead atoms. The van der Waals surface area contributed by atoms with Crippen LogP contribution in [0.2, 0.25) is 0 Å². The highest BCUT2D eigenvalue weighted by molar-refractivity contribution is 4.78. The molecule has 1 N–H and O–H groups in total. The van der Waals surface area contributed by atoms with Crippen molar-refractivity contribution >= 4 is 0 Å². The highest BCUT2D eigenvalue weighted by Crippen LogP contribution is 2.28. The van der Waals surface area contributed by atoms with Gasteiger partial charge in [0, 0.05) is 6.04 Å². The first kappa shape index (κ1) is 17.0. The van der Waals surface area contributed by atoms with Crippen LogP contribution < -0.4 is 5.32 Å². The van der Waals surface area contributed by atoms with Crippen molar-refractivity contribution in [3.05, 3.63) is 0 Å². The Balaban J connectivity index is 2.27. The van der Waals surface area contributed by atoms with Crippen LogP contribution >= 0.6 is 0 Å². The van der Waals surface area contributed by atoms with Gasteiger partial charge in [-0.25, -0.2) is 0 Å². The summed E-state index contributed by atoms with van der Waals surface area (Å²) in [6.07, 6.45) is 18.7. The van der Waals surface area contributed by atoms with Crippen molar-refractivity contribution in [2.75, 3.05) is 6.54 Å². The Bertz CT molecular complexity index is 182. The minimum atomic E-state index is 0.819. The summed E-state index contributed by atoms with van der Waals surface area (Å²) in [6.45, 7) is 5.81. The predicted molar refractivity (Wildman–Crippen MR) is 86.6 cm³/mol. The highest BCUT2D eigenvalue weighted by atomic mass is 14.9. The fraction of sp³-hybridized carbons (Fsp3) is 1.00. The summed E-state index contributed by atoms with van der Waals surface area (Å²) >= 11 is 0. The number of hydrogen-bond acceptors (Lipinski definition) is 1. The molecule has 0 aromatic rings. The lowest BCUT2D eigenvalue weighted by atomic mass is 9.88. The Hall–Kier alpha value is -0.0400. The van der Waals surface area contributed by atoms with E-state index in [0.717, 1.165) is 12.0 Å². The molecule has 1 aliphatic carbocycles. The summed E-state index contributed by atoms with van der Waals surface area (Å²) in [5, 5.41) is 3.86. The van der Waals surface area contributed by atoms with E-state index >= 15 is 0 Å². The molecule has 0 radical (unpaired) electrons. The van der Waals surface area contributed by atoms with Gasteiger partial charge in [0.15, 0.2) is 0 Å². The van der Waals surface area contributed by atoms with Gasteiger partial charge in [-0.2, -0.15) is 0 Å². The van der Waals surface area contributed by atoms with Crippen LogP contribution in [0.25, 0.3) is 0 Å². The van der Waals surface area contributed by atoms with E-state index in [1.54, 1.807) is 0 Å². The second-order valence-corrected chi connectivity index (χ2v) is 6.52. The number of hydrogen-bond donors (Lipinski definition) is 1. The topological polar surface area (TPSA) is 12.0 Å². The molecule has 1 fully saturated rings. The molecule has 0 aliphatic heterocycles. The van der Waals surface area contributed by atoms with Crippen LogP contribution in [-0.2, 0) is 0 Å². The van der Waals surface area contributed by atoms with Crippen LogP contribution in [0.1, 0.15) is 97.3 Å². The van der Waals surface area contributed by atoms with E-state index in [9.17, 15) is 0 Å². The van der Waals surface area contributed by atoms with Gasteiger partial charge in [-0.15, -0.1) is 0 Å². The molecule has 1 heteroatoms. The molecule has 0 spiro atoms. The fourth-order valence-electron chi connectivity index (χ4n) is 3.52. The fourth-order valence-corrected chi connectivity index (χ4v) is 3.52. The van der Waals surface area contributed by atoms with Gasteiger partial charge in [-0.05, 0) is 38.1 Å². The van der Waals surface area contributed by atoms with E-state index in [0.29, 0.717) is 0 Å². The molecule has 0 aromatic heterocycles. The van der Waals surface area contributed by atoms with E-state index in [-0.39, 0.29) is 0 Å². The molecule has 0 heterocycles. The summed E-state index contributed by atoms with van der Waals surface area (Å²) in [6, 6.07) is 0.819. The highest BCUT2D eigenvalue weighted by Gasteiger charge is 2.21. The summed E-state index contributed by atoms with van der Waals surface area (Å²) in [5.41, 5.74) is 0. The Morgan fingerprint density at radius 3 is 2.16 bits per heavy atom. The monoisotopic (exact) mass is 267 g/mol. The average molecular weight is 268 g/mol. The lowest BCUT2D eigenvalue weighted by Crippen LogP contribution is -2.36. The predicted octanol–water partition coefficient (Wildman–Crippen LogP) is 5.69. The minimum absolute atomic E-state index is 0.819. The zero-order valence-electron chi connectivity index (χ0n) is 13.6. The van der Waals surface area contributed by atoms with Gasteiger partial charge in [0.2, 0.25) is 0 Å². The SMILES string of the molecule is CCCCCCCC(NCCC)C1CCCCCC1. The molecule has 1 saturated carbocycles. The molecule has 19 heavy (non-hydrogen) atoms. The first-order valence-electron chi connectivity index (χ1n) is 9.11. The van der Waals surface area contributed by atoms with E-state index in [1.807, 2.05) is 0 Å². The molecule has 0 amide bonds. The summed E-state index contributed by atoms with van der Waals surface area (Å²) in [7, 11) is 0. The van der Waals surface area contributed by atoms with Gasteiger partial charge in [-0.3, -0.25) is 0 Å². The third-order valence-electron chi connectivity index (χ3n) is 4.74. The standard InChI is InChI=1S/C18H37N/c1-3-5-6-7-12-15-18(19-16-4-2)17-13-10-8-9-11-14-17/h17-19H,3-16H2,1-2H3. The van der Waals surface area contributed by atoms with Crippen LogP contribution in [0.4, 0.5) is 0 Å². The number of nitrogens with one attached hydrogen (secondary N) is 1. The van der Waals surface area contributed by atoms with Gasteiger partial charge in [0.1, 0.15) is 0 Å². The molecule has 1 rings (SSSR count). The van der Waals surface area contributed by atoms with Gasteiger partial charge in [-0.1, -0.05) is 71.6 Å². The molecular weight excluding hydrogens is 230 g/mol. The zero-order valence-corrected chi connectivity index (χ0v) is 13.6. The maximum absolute atomic E-state index is 3.86. The van der Waals surface area contributed by atoms with Gasteiger partial charge in [0.25, 0.3) is 0 Å². The summed E-state index contributed by atoms with van der Waals surface area (Å²) < 4.78 is 0.